The predicted octanol–water partition coefficient (Wildman–Crippen LogP) is 1.18. The SMILES string of the molecule is NC(=NO)C1CN(C(=O)c2cc(F)cc(Br)c2)CCO1. The van der Waals surface area contributed by atoms with Gasteiger partial charge >= 0.3 is 0 Å². The van der Waals surface area contributed by atoms with Crippen LogP contribution in [0.4, 0.5) is 4.39 Å². The second kappa shape index (κ2) is 6.19. The fourth-order valence-corrected chi connectivity index (χ4v) is 2.40. The molecule has 2 rings (SSSR count). The van der Waals surface area contributed by atoms with Gasteiger partial charge in [-0.2, -0.15) is 0 Å². The van der Waals surface area contributed by atoms with Crippen molar-refractivity contribution >= 4 is 27.7 Å². The number of ether oxygens (including phenoxy) is 1. The molecule has 0 aliphatic carbocycles. The molecule has 1 saturated heterocycles. The summed E-state index contributed by atoms with van der Waals surface area (Å²) in [6.07, 6.45) is -0.658. The summed E-state index contributed by atoms with van der Waals surface area (Å²) >= 11 is 3.14. The van der Waals surface area contributed by atoms with Gasteiger partial charge in [0.05, 0.1) is 13.2 Å². The maximum absolute atomic E-state index is 13.3. The van der Waals surface area contributed by atoms with Crippen molar-refractivity contribution in [1.29, 1.82) is 0 Å². The van der Waals surface area contributed by atoms with Gasteiger partial charge < -0.3 is 20.6 Å². The highest BCUT2D eigenvalue weighted by atomic mass is 79.9. The normalized spacial score (nSPS) is 20.0. The van der Waals surface area contributed by atoms with Crippen LogP contribution in [-0.2, 0) is 4.74 Å². The Morgan fingerprint density at radius 1 is 1.55 bits per heavy atom. The van der Waals surface area contributed by atoms with Gasteiger partial charge in [-0.05, 0) is 18.2 Å². The topological polar surface area (TPSA) is 88.2 Å². The summed E-state index contributed by atoms with van der Waals surface area (Å²) in [5.41, 5.74) is 5.70. The molecule has 1 amide bonds. The van der Waals surface area contributed by atoms with Crippen molar-refractivity contribution in [3.05, 3.63) is 34.1 Å². The average molecular weight is 346 g/mol. The number of carbonyl (C=O) groups excluding carboxylic acids is 1. The first-order valence-electron chi connectivity index (χ1n) is 5.85. The molecule has 0 saturated carbocycles. The average Bonchev–Trinajstić information content (AvgIpc) is 2.44. The van der Waals surface area contributed by atoms with Crippen molar-refractivity contribution in [3.63, 3.8) is 0 Å². The minimum absolute atomic E-state index is 0.0945. The third kappa shape index (κ3) is 3.26. The summed E-state index contributed by atoms with van der Waals surface area (Å²) in [6.45, 7) is 0.786. The zero-order valence-electron chi connectivity index (χ0n) is 10.4. The highest BCUT2D eigenvalue weighted by Crippen LogP contribution is 2.17. The lowest BCUT2D eigenvalue weighted by atomic mass is 10.1. The lowest BCUT2D eigenvalue weighted by molar-refractivity contribution is 0.00673. The standard InChI is InChI=1S/C12H13BrFN3O3/c13-8-3-7(4-9(14)5-8)12(18)17-1-2-20-10(6-17)11(15)16-19/h3-5,10,19H,1-2,6H2,(H2,15,16). The molecule has 1 heterocycles. The minimum Gasteiger partial charge on any atom is -0.409 e. The molecule has 1 atom stereocenters. The molecule has 3 N–H and O–H groups in total. The van der Waals surface area contributed by atoms with Crippen molar-refractivity contribution < 1.29 is 19.1 Å². The molecule has 0 radical (unpaired) electrons. The molecule has 1 aliphatic heterocycles. The van der Waals surface area contributed by atoms with Gasteiger partial charge in [0.15, 0.2) is 5.84 Å². The van der Waals surface area contributed by atoms with E-state index in [1.807, 2.05) is 0 Å². The van der Waals surface area contributed by atoms with Crippen LogP contribution in [0.1, 0.15) is 10.4 Å². The molecule has 0 aromatic heterocycles. The number of amidine groups is 1. The Morgan fingerprint density at radius 2 is 2.30 bits per heavy atom. The van der Waals surface area contributed by atoms with E-state index in [1.165, 1.54) is 17.0 Å². The maximum atomic E-state index is 13.3. The number of oxime groups is 1. The molecule has 0 bridgehead atoms. The minimum atomic E-state index is -0.658. The van der Waals surface area contributed by atoms with E-state index in [0.29, 0.717) is 11.0 Å². The van der Waals surface area contributed by atoms with Crippen LogP contribution in [0.15, 0.2) is 27.8 Å². The van der Waals surface area contributed by atoms with Crippen LogP contribution in [0, 0.1) is 5.82 Å². The zero-order valence-corrected chi connectivity index (χ0v) is 12.0. The van der Waals surface area contributed by atoms with Crippen molar-refractivity contribution in [2.45, 2.75) is 6.10 Å². The predicted molar refractivity (Wildman–Crippen MR) is 73.2 cm³/mol. The lowest BCUT2D eigenvalue weighted by Gasteiger charge is -2.32. The number of rotatable bonds is 2. The summed E-state index contributed by atoms with van der Waals surface area (Å²) in [6, 6.07) is 3.98. The number of benzene rings is 1. The molecule has 1 unspecified atom stereocenters. The van der Waals surface area contributed by atoms with Crippen LogP contribution in [0.3, 0.4) is 0 Å². The second-order valence-electron chi connectivity index (χ2n) is 4.29. The number of hydrogen-bond donors (Lipinski definition) is 2. The van der Waals surface area contributed by atoms with Gasteiger partial charge in [0, 0.05) is 16.6 Å². The molecule has 0 spiro atoms. The summed E-state index contributed by atoms with van der Waals surface area (Å²) < 4.78 is 19.1. The van der Waals surface area contributed by atoms with Gasteiger partial charge in [0.25, 0.3) is 5.91 Å². The van der Waals surface area contributed by atoms with Crippen LogP contribution >= 0.6 is 15.9 Å². The first kappa shape index (κ1) is 14.7. The van der Waals surface area contributed by atoms with E-state index in [4.69, 9.17) is 15.7 Å². The Hall–Kier alpha value is -1.67. The fraction of sp³-hybridized carbons (Fsp3) is 0.333. The van der Waals surface area contributed by atoms with Crippen molar-refractivity contribution in [1.82, 2.24) is 4.90 Å². The Kier molecular flexibility index (Phi) is 4.56. The third-order valence-electron chi connectivity index (χ3n) is 2.91. The van der Waals surface area contributed by atoms with Gasteiger partial charge in [-0.25, -0.2) is 4.39 Å². The van der Waals surface area contributed by atoms with E-state index in [-0.39, 0.29) is 30.5 Å². The van der Waals surface area contributed by atoms with E-state index in [0.717, 1.165) is 0 Å². The Bertz CT molecular complexity index is 532. The molecule has 1 aliphatic rings. The number of hydrogen-bond acceptors (Lipinski definition) is 4. The number of halogens is 2. The number of nitrogens with zero attached hydrogens (tertiary/aromatic N) is 2. The summed E-state index contributed by atoms with van der Waals surface area (Å²) in [4.78, 5) is 13.8. The molecule has 6 nitrogen and oxygen atoms in total. The molecule has 1 aromatic carbocycles. The summed E-state index contributed by atoms with van der Waals surface area (Å²) in [5, 5.41) is 11.5. The van der Waals surface area contributed by atoms with Crippen LogP contribution in [0.2, 0.25) is 0 Å². The molecule has 20 heavy (non-hydrogen) atoms. The molecular weight excluding hydrogens is 333 g/mol. The van der Waals surface area contributed by atoms with Gasteiger partial charge in [0.1, 0.15) is 11.9 Å². The molecular formula is C12H13BrFN3O3. The number of carbonyl (C=O) groups is 1. The van der Waals surface area contributed by atoms with Crippen LogP contribution in [0.25, 0.3) is 0 Å². The number of amides is 1. The highest BCUT2D eigenvalue weighted by molar-refractivity contribution is 9.10. The molecule has 8 heteroatoms. The highest BCUT2D eigenvalue weighted by Gasteiger charge is 2.28. The van der Waals surface area contributed by atoms with Crippen LogP contribution in [-0.4, -0.2) is 47.7 Å². The van der Waals surface area contributed by atoms with Gasteiger partial charge in [-0.1, -0.05) is 21.1 Å². The smallest absolute Gasteiger partial charge is 0.254 e. The molecule has 1 aromatic rings. The van der Waals surface area contributed by atoms with E-state index in [1.54, 1.807) is 6.07 Å². The largest absolute Gasteiger partial charge is 0.409 e. The van der Waals surface area contributed by atoms with Crippen LogP contribution < -0.4 is 5.73 Å². The monoisotopic (exact) mass is 345 g/mol. The van der Waals surface area contributed by atoms with Crippen molar-refractivity contribution in [3.8, 4) is 0 Å². The van der Waals surface area contributed by atoms with Crippen molar-refractivity contribution in [2.24, 2.45) is 10.9 Å². The fourth-order valence-electron chi connectivity index (χ4n) is 1.94. The Morgan fingerprint density at radius 3 is 2.95 bits per heavy atom. The van der Waals surface area contributed by atoms with E-state index in [9.17, 15) is 9.18 Å². The van der Waals surface area contributed by atoms with Gasteiger partial charge in [0.2, 0.25) is 0 Å². The maximum Gasteiger partial charge on any atom is 0.254 e. The lowest BCUT2D eigenvalue weighted by Crippen LogP contribution is -2.50. The van der Waals surface area contributed by atoms with E-state index in [2.05, 4.69) is 21.1 Å². The summed E-state index contributed by atoms with van der Waals surface area (Å²) in [7, 11) is 0. The third-order valence-corrected chi connectivity index (χ3v) is 3.37. The molecule has 108 valence electrons. The second-order valence-corrected chi connectivity index (χ2v) is 5.21. The Labute approximate surface area is 123 Å². The Balaban J connectivity index is 2.16. The summed E-state index contributed by atoms with van der Waals surface area (Å²) in [5.74, 6) is -0.920. The van der Waals surface area contributed by atoms with Gasteiger partial charge in [-0.15, -0.1) is 0 Å². The quantitative estimate of drug-likeness (QED) is 0.364. The van der Waals surface area contributed by atoms with Crippen LogP contribution in [0.5, 0.6) is 0 Å². The number of nitrogens with two attached hydrogens (primary N) is 1. The van der Waals surface area contributed by atoms with Crippen molar-refractivity contribution in [2.75, 3.05) is 19.7 Å². The van der Waals surface area contributed by atoms with E-state index < -0.39 is 11.9 Å². The first-order valence-corrected chi connectivity index (χ1v) is 6.65. The molecule has 1 fully saturated rings. The number of morpholine rings is 1. The zero-order chi connectivity index (χ0) is 14.7. The first-order chi connectivity index (χ1) is 9.51. The van der Waals surface area contributed by atoms with E-state index >= 15 is 0 Å². The van der Waals surface area contributed by atoms with Gasteiger partial charge in [-0.3, -0.25) is 4.79 Å².